The number of hydrogen-bond donors (Lipinski definition) is 0. The van der Waals surface area contributed by atoms with Gasteiger partial charge in [0.15, 0.2) is 5.71 Å². The third-order valence-corrected chi connectivity index (χ3v) is 1.56. The summed E-state index contributed by atoms with van der Waals surface area (Å²) < 4.78 is 4.88. The molecule has 0 aromatic rings. The third kappa shape index (κ3) is 5.99. The summed E-state index contributed by atoms with van der Waals surface area (Å²) >= 11 is 0. The van der Waals surface area contributed by atoms with E-state index in [9.17, 15) is 4.79 Å². The number of carbonyl (C=O) groups is 1. The van der Waals surface area contributed by atoms with Crippen molar-refractivity contribution in [2.45, 2.75) is 34.6 Å². The van der Waals surface area contributed by atoms with Gasteiger partial charge in [-0.15, -0.1) is 5.10 Å². The lowest BCUT2D eigenvalue weighted by molar-refractivity contribution is -0.135. The molecule has 0 aliphatic carbocycles. The lowest BCUT2D eigenvalue weighted by Gasteiger charge is -2.06. The van der Waals surface area contributed by atoms with Crippen molar-refractivity contribution in [3.8, 4) is 0 Å². The van der Waals surface area contributed by atoms with E-state index in [4.69, 9.17) is 4.74 Å². The van der Waals surface area contributed by atoms with Gasteiger partial charge >= 0.3 is 5.97 Å². The second-order valence-electron chi connectivity index (χ2n) is 3.87. The van der Waals surface area contributed by atoms with E-state index in [-0.39, 0.29) is 11.9 Å². The number of hydrogen-bond acceptors (Lipinski definition) is 4. The second-order valence-corrected chi connectivity index (χ2v) is 3.87. The Morgan fingerprint density at radius 3 is 2.33 bits per heavy atom. The van der Waals surface area contributed by atoms with Gasteiger partial charge in [-0.1, -0.05) is 27.7 Å². The number of esters is 1. The molecule has 0 radical (unpaired) electrons. The van der Waals surface area contributed by atoms with Gasteiger partial charge in [-0.05, 0) is 12.8 Å². The summed E-state index contributed by atoms with van der Waals surface area (Å²) in [5.74, 6) is -0.0360. The number of nitrogens with zero attached hydrogens (tertiary/aromatic N) is 2. The van der Waals surface area contributed by atoms with Gasteiger partial charge in [0.1, 0.15) is 0 Å². The van der Waals surface area contributed by atoms with Crippen molar-refractivity contribution in [1.82, 2.24) is 0 Å². The van der Waals surface area contributed by atoms with E-state index in [1.54, 1.807) is 13.1 Å². The van der Waals surface area contributed by atoms with Crippen molar-refractivity contribution in [2.24, 2.45) is 22.0 Å². The second kappa shape index (κ2) is 7.15. The molecule has 0 spiro atoms. The van der Waals surface area contributed by atoms with Crippen LogP contribution in [0.15, 0.2) is 10.2 Å². The molecule has 0 bridgehead atoms. The molecule has 0 aliphatic rings. The fraction of sp³-hybridized carbons (Fsp3) is 0.727. The van der Waals surface area contributed by atoms with Crippen molar-refractivity contribution in [2.75, 3.05) is 6.61 Å². The Hall–Kier alpha value is -1.19. The summed E-state index contributed by atoms with van der Waals surface area (Å²) in [4.78, 5) is 11.4. The van der Waals surface area contributed by atoms with Crippen LogP contribution in [0.2, 0.25) is 0 Å². The molecule has 0 aromatic heterocycles. The van der Waals surface area contributed by atoms with E-state index in [2.05, 4.69) is 10.2 Å². The smallest absolute Gasteiger partial charge is 0.354 e. The van der Waals surface area contributed by atoms with Gasteiger partial charge in [0.2, 0.25) is 0 Å². The fourth-order valence-electron chi connectivity index (χ4n) is 0.826. The molecule has 4 nitrogen and oxygen atoms in total. The maximum Gasteiger partial charge on any atom is 0.354 e. The van der Waals surface area contributed by atoms with Crippen LogP contribution in [0.3, 0.4) is 0 Å². The van der Waals surface area contributed by atoms with E-state index in [1.165, 1.54) is 0 Å². The van der Waals surface area contributed by atoms with Gasteiger partial charge in [0.05, 0.1) is 6.61 Å². The molecule has 15 heavy (non-hydrogen) atoms. The summed E-state index contributed by atoms with van der Waals surface area (Å²) in [7, 11) is 0. The number of rotatable bonds is 5. The van der Waals surface area contributed by atoms with Crippen molar-refractivity contribution < 1.29 is 9.53 Å². The summed E-state index contributed by atoms with van der Waals surface area (Å²) in [6, 6.07) is 0. The standard InChI is InChI=1S/C11H20N2O2/c1-6-15-11(14)10(9(4)5)13-12-7-8(2)3/h7-9H,6H2,1-5H3/b12-7+,13-10-. The van der Waals surface area contributed by atoms with Crippen LogP contribution in [0.25, 0.3) is 0 Å². The maximum absolute atomic E-state index is 11.4. The van der Waals surface area contributed by atoms with Gasteiger partial charge in [0.25, 0.3) is 0 Å². The topological polar surface area (TPSA) is 51.0 Å². The van der Waals surface area contributed by atoms with Gasteiger partial charge in [-0.2, -0.15) is 5.10 Å². The lowest BCUT2D eigenvalue weighted by Crippen LogP contribution is -2.22. The average Bonchev–Trinajstić information content (AvgIpc) is 2.11. The molecular formula is C11H20N2O2. The van der Waals surface area contributed by atoms with E-state index < -0.39 is 0 Å². The quantitative estimate of drug-likeness (QED) is 0.399. The lowest BCUT2D eigenvalue weighted by atomic mass is 10.1. The summed E-state index contributed by atoms with van der Waals surface area (Å²) in [5, 5.41) is 7.75. The molecule has 0 rings (SSSR count). The van der Waals surface area contributed by atoms with Gasteiger partial charge in [-0.25, -0.2) is 4.79 Å². The first kappa shape index (κ1) is 13.8. The first-order valence-electron chi connectivity index (χ1n) is 5.27. The zero-order valence-corrected chi connectivity index (χ0v) is 10.2. The molecule has 0 saturated carbocycles. The summed E-state index contributed by atoms with van der Waals surface area (Å²) in [6.45, 7) is 9.91. The van der Waals surface area contributed by atoms with Crippen LogP contribution in [0.5, 0.6) is 0 Å². The van der Waals surface area contributed by atoms with Crippen LogP contribution in [0.4, 0.5) is 0 Å². The predicted octanol–water partition coefficient (Wildman–Crippen LogP) is 2.29. The molecule has 0 heterocycles. The highest BCUT2D eigenvalue weighted by atomic mass is 16.5. The van der Waals surface area contributed by atoms with Crippen LogP contribution in [0, 0.1) is 11.8 Å². The minimum absolute atomic E-state index is 0.0216. The van der Waals surface area contributed by atoms with E-state index in [0.29, 0.717) is 18.2 Å². The van der Waals surface area contributed by atoms with Gasteiger partial charge < -0.3 is 4.74 Å². The highest BCUT2D eigenvalue weighted by Gasteiger charge is 2.16. The first-order valence-corrected chi connectivity index (χ1v) is 5.27. The minimum atomic E-state index is -0.381. The number of ether oxygens (including phenoxy) is 1. The Bertz CT molecular complexity index is 255. The van der Waals surface area contributed by atoms with Crippen molar-refractivity contribution in [3.63, 3.8) is 0 Å². The van der Waals surface area contributed by atoms with E-state index in [1.807, 2.05) is 27.7 Å². The molecule has 0 aliphatic heterocycles. The molecule has 0 saturated heterocycles. The molecule has 0 fully saturated rings. The Kier molecular flexibility index (Phi) is 6.58. The van der Waals surface area contributed by atoms with Crippen molar-refractivity contribution in [3.05, 3.63) is 0 Å². The van der Waals surface area contributed by atoms with Gasteiger partial charge in [0, 0.05) is 12.1 Å². The molecular weight excluding hydrogens is 192 g/mol. The molecule has 0 unspecified atom stereocenters. The molecule has 0 amide bonds. The van der Waals surface area contributed by atoms with Crippen molar-refractivity contribution >= 4 is 17.9 Å². The molecule has 0 N–H and O–H groups in total. The highest BCUT2D eigenvalue weighted by molar-refractivity contribution is 6.37. The number of carbonyl (C=O) groups excluding carboxylic acids is 1. The Morgan fingerprint density at radius 2 is 1.93 bits per heavy atom. The van der Waals surface area contributed by atoms with Crippen LogP contribution < -0.4 is 0 Å². The Morgan fingerprint density at radius 1 is 1.33 bits per heavy atom. The largest absolute Gasteiger partial charge is 0.461 e. The fourth-order valence-corrected chi connectivity index (χ4v) is 0.826. The third-order valence-electron chi connectivity index (χ3n) is 1.56. The SMILES string of the molecule is CCOC(=O)/C(=N\N=C\C(C)C)C(C)C. The monoisotopic (exact) mass is 212 g/mol. The average molecular weight is 212 g/mol. The molecule has 86 valence electrons. The van der Waals surface area contributed by atoms with Crippen LogP contribution in [0.1, 0.15) is 34.6 Å². The summed E-state index contributed by atoms with van der Waals surface area (Å²) in [5.41, 5.74) is 0.369. The Labute approximate surface area is 91.4 Å². The molecule has 4 heteroatoms. The van der Waals surface area contributed by atoms with Crippen LogP contribution in [-0.4, -0.2) is 24.5 Å². The minimum Gasteiger partial charge on any atom is -0.461 e. The Balaban J connectivity index is 4.59. The van der Waals surface area contributed by atoms with Crippen LogP contribution in [-0.2, 0) is 9.53 Å². The molecule has 0 aromatic carbocycles. The zero-order chi connectivity index (χ0) is 11.8. The van der Waals surface area contributed by atoms with Crippen LogP contribution >= 0.6 is 0 Å². The summed E-state index contributed by atoms with van der Waals surface area (Å²) in [6.07, 6.45) is 1.70. The normalized spacial score (nSPS) is 12.9. The van der Waals surface area contributed by atoms with Crippen molar-refractivity contribution in [1.29, 1.82) is 0 Å². The van der Waals surface area contributed by atoms with Gasteiger partial charge in [-0.3, -0.25) is 0 Å². The maximum atomic E-state index is 11.4. The molecule has 0 atom stereocenters. The predicted molar refractivity (Wildman–Crippen MR) is 62.2 cm³/mol. The first-order chi connectivity index (χ1) is 6.99. The highest BCUT2D eigenvalue weighted by Crippen LogP contribution is 2.01. The van der Waals surface area contributed by atoms with E-state index in [0.717, 1.165) is 0 Å². The van der Waals surface area contributed by atoms with E-state index >= 15 is 0 Å². The zero-order valence-electron chi connectivity index (χ0n) is 10.2.